The van der Waals surface area contributed by atoms with E-state index in [1.54, 1.807) is 11.8 Å². The van der Waals surface area contributed by atoms with Gasteiger partial charge in [-0.25, -0.2) is 0 Å². The lowest BCUT2D eigenvalue weighted by molar-refractivity contribution is -0.115. The zero-order chi connectivity index (χ0) is 14.4. The normalized spacial score (nSPS) is 23.3. The van der Waals surface area contributed by atoms with Crippen molar-refractivity contribution in [2.75, 3.05) is 10.7 Å². The van der Waals surface area contributed by atoms with Crippen molar-refractivity contribution in [2.45, 2.75) is 24.6 Å². The van der Waals surface area contributed by atoms with Gasteiger partial charge in [-0.2, -0.15) is 0 Å². The van der Waals surface area contributed by atoms with Crippen molar-refractivity contribution < 1.29 is 4.79 Å². The number of para-hydroxylation sites is 1. The summed E-state index contributed by atoms with van der Waals surface area (Å²) in [4.78, 5) is 14.4. The molecule has 2 unspecified atom stereocenters. The van der Waals surface area contributed by atoms with E-state index in [1.165, 1.54) is 16.7 Å². The van der Waals surface area contributed by atoms with Gasteiger partial charge in [-0.1, -0.05) is 49.4 Å². The van der Waals surface area contributed by atoms with Crippen molar-refractivity contribution >= 4 is 23.4 Å². The predicted molar refractivity (Wildman–Crippen MR) is 87.7 cm³/mol. The number of rotatable bonds is 1. The Morgan fingerprint density at radius 1 is 1.05 bits per heavy atom. The highest BCUT2D eigenvalue weighted by Crippen LogP contribution is 2.50. The number of benzene rings is 2. The maximum absolute atomic E-state index is 12.4. The zero-order valence-electron chi connectivity index (χ0n) is 12.0. The molecule has 1 amide bonds. The van der Waals surface area contributed by atoms with Gasteiger partial charge in [0.2, 0.25) is 5.91 Å². The predicted octanol–water partition coefficient (Wildman–Crippen LogP) is 4.32. The van der Waals surface area contributed by atoms with Crippen molar-refractivity contribution in [3.63, 3.8) is 0 Å². The van der Waals surface area contributed by atoms with Crippen molar-refractivity contribution in [1.82, 2.24) is 0 Å². The number of fused-ring (bicyclic) bond motifs is 5. The van der Waals surface area contributed by atoms with E-state index in [0.717, 1.165) is 12.1 Å². The topological polar surface area (TPSA) is 20.3 Å². The summed E-state index contributed by atoms with van der Waals surface area (Å²) in [6.07, 6.45) is 1.05. The lowest BCUT2D eigenvalue weighted by Gasteiger charge is -2.24. The minimum absolute atomic E-state index is 0.131. The van der Waals surface area contributed by atoms with Gasteiger partial charge in [0.15, 0.2) is 0 Å². The Kier molecular flexibility index (Phi) is 3.03. The van der Waals surface area contributed by atoms with E-state index >= 15 is 0 Å². The molecule has 3 heteroatoms. The van der Waals surface area contributed by atoms with Crippen LogP contribution >= 0.6 is 11.8 Å². The molecule has 4 rings (SSSR count). The van der Waals surface area contributed by atoms with E-state index in [9.17, 15) is 4.79 Å². The summed E-state index contributed by atoms with van der Waals surface area (Å²) in [5, 5.41) is 0.131. The van der Waals surface area contributed by atoms with Gasteiger partial charge < -0.3 is 0 Å². The third kappa shape index (κ3) is 1.84. The second-order valence-electron chi connectivity index (χ2n) is 5.58. The summed E-state index contributed by atoms with van der Waals surface area (Å²) in [7, 11) is 0. The standard InChI is InChI=1S/C18H17NOS/c1-2-12-13-7-3-4-9-15(13)18-19(17(20)11-21-18)16-10-6-5-8-14(12)16/h3-10,12,18H,2,11H2,1H3. The molecule has 2 atom stereocenters. The second-order valence-corrected chi connectivity index (χ2v) is 6.64. The average Bonchev–Trinajstić information content (AvgIpc) is 2.85. The monoisotopic (exact) mass is 295 g/mol. The number of nitrogens with zero attached hydrogens (tertiary/aromatic N) is 1. The molecule has 2 aromatic carbocycles. The Morgan fingerprint density at radius 3 is 2.48 bits per heavy atom. The number of anilines is 1. The van der Waals surface area contributed by atoms with Crippen LogP contribution in [0.1, 0.15) is 41.3 Å². The second kappa shape index (κ2) is 4.92. The van der Waals surface area contributed by atoms with Crippen LogP contribution in [-0.2, 0) is 4.79 Å². The average molecular weight is 295 g/mol. The third-order valence-electron chi connectivity index (χ3n) is 4.49. The maximum atomic E-state index is 12.4. The van der Waals surface area contributed by atoms with Crippen molar-refractivity contribution in [1.29, 1.82) is 0 Å². The Balaban J connectivity index is 2.03. The molecule has 0 aliphatic carbocycles. The van der Waals surface area contributed by atoms with E-state index in [2.05, 4.69) is 49.4 Å². The SMILES string of the molecule is CCC1c2ccccc2C2SCC(=O)N2c2ccccc21. The highest BCUT2D eigenvalue weighted by atomic mass is 32.2. The Labute approximate surface area is 129 Å². The molecule has 21 heavy (non-hydrogen) atoms. The van der Waals surface area contributed by atoms with Crippen LogP contribution in [0.4, 0.5) is 5.69 Å². The first-order chi connectivity index (χ1) is 10.3. The molecule has 0 bridgehead atoms. The van der Waals surface area contributed by atoms with Crippen LogP contribution in [-0.4, -0.2) is 11.7 Å². The fourth-order valence-corrected chi connectivity index (χ4v) is 4.79. The van der Waals surface area contributed by atoms with Gasteiger partial charge >= 0.3 is 0 Å². The molecule has 2 heterocycles. The fraction of sp³-hybridized carbons (Fsp3) is 0.278. The molecule has 0 saturated carbocycles. The molecule has 2 aromatic rings. The number of thioether (sulfide) groups is 1. The van der Waals surface area contributed by atoms with Gasteiger partial charge in [0.25, 0.3) is 0 Å². The van der Waals surface area contributed by atoms with E-state index in [4.69, 9.17) is 0 Å². The summed E-state index contributed by atoms with van der Waals surface area (Å²) in [5.41, 5.74) is 5.06. The number of hydrogen-bond acceptors (Lipinski definition) is 2. The smallest absolute Gasteiger partial charge is 0.238 e. The summed E-state index contributed by atoms with van der Waals surface area (Å²) in [6, 6.07) is 17.0. The van der Waals surface area contributed by atoms with Gasteiger partial charge in [0.1, 0.15) is 5.37 Å². The molecule has 1 fully saturated rings. The van der Waals surface area contributed by atoms with Crippen molar-refractivity contribution in [3.8, 4) is 0 Å². The third-order valence-corrected chi connectivity index (χ3v) is 5.68. The number of carbonyl (C=O) groups is 1. The molecular weight excluding hydrogens is 278 g/mol. The Bertz CT molecular complexity index is 712. The van der Waals surface area contributed by atoms with Crippen LogP contribution < -0.4 is 4.90 Å². The molecule has 0 aromatic heterocycles. The van der Waals surface area contributed by atoms with E-state index < -0.39 is 0 Å². The highest BCUT2D eigenvalue weighted by molar-refractivity contribution is 8.00. The van der Waals surface area contributed by atoms with E-state index in [-0.39, 0.29) is 11.3 Å². The number of hydrogen-bond donors (Lipinski definition) is 0. The van der Waals surface area contributed by atoms with Gasteiger partial charge in [-0.15, -0.1) is 11.8 Å². The molecular formula is C18H17NOS. The van der Waals surface area contributed by atoms with Gasteiger partial charge in [0, 0.05) is 11.6 Å². The van der Waals surface area contributed by atoms with Crippen LogP contribution in [0.15, 0.2) is 48.5 Å². The molecule has 106 valence electrons. The summed E-state index contributed by atoms with van der Waals surface area (Å²) >= 11 is 1.74. The number of carbonyl (C=O) groups excluding carboxylic acids is 1. The first-order valence-corrected chi connectivity index (χ1v) is 8.47. The Hall–Kier alpha value is -1.74. The molecule has 0 spiro atoms. The van der Waals surface area contributed by atoms with Crippen molar-refractivity contribution in [2.24, 2.45) is 0 Å². The molecule has 2 nitrogen and oxygen atoms in total. The van der Waals surface area contributed by atoms with Crippen molar-refractivity contribution in [3.05, 3.63) is 65.2 Å². The molecule has 0 radical (unpaired) electrons. The van der Waals surface area contributed by atoms with E-state index in [1.807, 2.05) is 11.0 Å². The van der Waals surface area contributed by atoms with Crippen LogP contribution in [0.3, 0.4) is 0 Å². The number of amides is 1. The van der Waals surface area contributed by atoms with Crippen LogP contribution in [0.2, 0.25) is 0 Å². The zero-order valence-corrected chi connectivity index (χ0v) is 12.8. The molecule has 1 saturated heterocycles. The van der Waals surface area contributed by atoms with Crippen LogP contribution in [0.25, 0.3) is 0 Å². The Morgan fingerprint density at radius 2 is 1.71 bits per heavy atom. The van der Waals surface area contributed by atoms with Gasteiger partial charge in [-0.05, 0) is 29.2 Å². The van der Waals surface area contributed by atoms with E-state index in [0.29, 0.717) is 11.7 Å². The van der Waals surface area contributed by atoms with Gasteiger partial charge in [0.05, 0.1) is 5.75 Å². The molecule has 0 N–H and O–H groups in total. The maximum Gasteiger partial charge on any atom is 0.238 e. The molecule has 2 aliphatic rings. The first-order valence-electron chi connectivity index (χ1n) is 7.42. The molecule has 2 aliphatic heterocycles. The summed E-state index contributed by atoms with van der Waals surface area (Å²) in [6.45, 7) is 2.23. The largest absolute Gasteiger partial charge is 0.295 e. The summed E-state index contributed by atoms with van der Waals surface area (Å²) < 4.78 is 0. The quantitative estimate of drug-likeness (QED) is 0.781. The highest BCUT2D eigenvalue weighted by Gasteiger charge is 2.40. The fourth-order valence-electron chi connectivity index (χ4n) is 3.58. The van der Waals surface area contributed by atoms with Gasteiger partial charge in [-0.3, -0.25) is 9.69 Å². The minimum atomic E-state index is 0.131. The van der Waals surface area contributed by atoms with Crippen LogP contribution in [0, 0.1) is 0 Å². The lowest BCUT2D eigenvalue weighted by Crippen LogP contribution is -2.27. The minimum Gasteiger partial charge on any atom is -0.295 e. The summed E-state index contributed by atoms with van der Waals surface area (Å²) in [5.74, 6) is 1.17. The lowest BCUT2D eigenvalue weighted by atomic mass is 9.86. The van der Waals surface area contributed by atoms with Crippen LogP contribution in [0.5, 0.6) is 0 Å². The first kappa shape index (κ1) is 13.0.